The van der Waals surface area contributed by atoms with E-state index in [9.17, 15) is 9.90 Å². The Morgan fingerprint density at radius 1 is 1.25 bits per heavy atom. The van der Waals surface area contributed by atoms with E-state index in [1.165, 1.54) is 37.0 Å². The summed E-state index contributed by atoms with van der Waals surface area (Å²) in [6.07, 6.45) is 9.17. The molecule has 16 heavy (non-hydrogen) atoms. The summed E-state index contributed by atoms with van der Waals surface area (Å²) in [5, 5.41) is 10.2. The van der Waals surface area contributed by atoms with E-state index in [2.05, 4.69) is 6.92 Å². The molecule has 1 saturated heterocycles. The Kier molecular flexibility index (Phi) is 5.26. The van der Waals surface area contributed by atoms with Gasteiger partial charge in [0, 0.05) is 19.9 Å². The first kappa shape index (κ1) is 13.5. The predicted octanol–water partition coefficient (Wildman–Crippen LogP) is 2.68. The van der Waals surface area contributed by atoms with Gasteiger partial charge in [-0.25, -0.2) is 0 Å². The van der Waals surface area contributed by atoms with Gasteiger partial charge in [0.2, 0.25) is 5.91 Å². The van der Waals surface area contributed by atoms with Gasteiger partial charge in [0.1, 0.15) is 5.72 Å². The van der Waals surface area contributed by atoms with Gasteiger partial charge in [0.05, 0.1) is 0 Å². The summed E-state index contributed by atoms with van der Waals surface area (Å²) >= 11 is 0. The molecule has 1 N–H and O–H groups in total. The summed E-state index contributed by atoms with van der Waals surface area (Å²) in [6, 6.07) is 0. The van der Waals surface area contributed by atoms with Crippen molar-refractivity contribution < 1.29 is 9.90 Å². The maximum absolute atomic E-state index is 11.3. The first-order valence-electron chi connectivity index (χ1n) is 6.59. The summed E-state index contributed by atoms with van der Waals surface area (Å²) in [6.45, 7) is 2.21. The molecule has 0 aromatic rings. The fourth-order valence-electron chi connectivity index (χ4n) is 2.36. The van der Waals surface area contributed by atoms with E-state index in [-0.39, 0.29) is 5.91 Å². The molecule has 3 nitrogen and oxygen atoms in total. The highest BCUT2D eigenvalue weighted by molar-refractivity contribution is 5.78. The van der Waals surface area contributed by atoms with E-state index in [0.717, 1.165) is 12.8 Å². The third-order valence-corrected chi connectivity index (χ3v) is 3.67. The average molecular weight is 227 g/mol. The molecule has 94 valence electrons. The van der Waals surface area contributed by atoms with Crippen molar-refractivity contribution in [2.75, 3.05) is 7.05 Å². The minimum atomic E-state index is -0.845. The van der Waals surface area contributed by atoms with E-state index >= 15 is 0 Å². The van der Waals surface area contributed by atoms with Crippen molar-refractivity contribution in [1.29, 1.82) is 0 Å². The number of aliphatic hydroxyl groups is 1. The van der Waals surface area contributed by atoms with Crippen molar-refractivity contribution in [3.63, 3.8) is 0 Å². The van der Waals surface area contributed by atoms with Gasteiger partial charge in [-0.15, -0.1) is 0 Å². The maximum atomic E-state index is 11.3. The van der Waals surface area contributed by atoms with E-state index in [1.807, 2.05) is 0 Å². The second-order valence-corrected chi connectivity index (χ2v) is 4.95. The molecule has 0 bridgehead atoms. The summed E-state index contributed by atoms with van der Waals surface area (Å²) in [4.78, 5) is 12.9. The molecule has 1 atom stereocenters. The molecule has 1 rings (SSSR count). The lowest BCUT2D eigenvalue weighted by Crippen LogP contribution is -2.42. The Labute approximate surface area is 98.8 Å². The minimum Gasteiger partial charge on any atom is -0.371 e. The number of hydrogen-bond acceptors (Lipinski definition) is 2. The van der Waals surface area contributed by atoms with Crippen molar-refractivity contribution in [1.82, 2.24) is 4.90 Å². The maximum Gasteiger partial charge on any atom is 0.224 e. The zero-order valence-corrected chi connectivity index (χ0v) is 10.7. The van der Waals surface area contributed by atoms with Crippen LogP contribution in [0.3, 0.4) is 0 Å². The van der Waals surface area contributed by atoms with Crippen LogP contribution in [0, 0.1) is 0 Å². The lowest BCUT2D eigenvalue weighted by Gasteiger charge is -2.30. The molecule has 0 spiro atoms. The van der Waals surface area contributed by atoms with Gasteiger partial charge in [0.25, 0.3) is 0 Å². The molecule has 3 heteroatoms. The number of unbranched alkanes of at least 4 members (excludes halogenated alkanes) is 5. The number of amides is 1. The molecule has 1 heterocycles. The fourth-order valence-corrected chi connectivity index (χ4v) is 2.36. The smallest absolute Gasteiger partial charge is 0.224 e. The molecule has 0 aromatic heterocycles. The highest BCUT2D eigenvalue weighted by Crippen LogP contribution is 2.31. The Balaban J connectivity index is 2.15. The van der Waals surface area contributed by atoms with Crippen molar-refractivity contribution in [3.05, 3.63) is 0 Å². The van der Waals surface area contributed by atoms with Crippen LogP contribution in [-0.2, 0) is 4.79 Å². The van der Waals surface area contributed by atoms with Crippen molar-refractivity contribution in [2.45, 2.75) is 70.4 Å². The quantitative estimate of drug-likeness (QED) is 0.679. The number of rotatable bonds is 7. The van der Waals surface area contributed by atoms with E-state index in [4.69, 9.17) is 0 Å². The fraction of sp³-hybridized carbons (Fsp3) is 0.923. The summed E-state index contributed by atoms with van der Waals surface area (Å²) in [7, 11) is 1.71. The molecule has 1 aliphatic heterocycles. The second kappa shape index (κ2) is 6.24. The zero-order valence-electron chi connectivity index (χ0n) is 10.7. The van der Waals surface area contributed by atoms with Crippen LogP contribution in [0.4, 0.5) is 0 Å². The van der Waals surface area contributed by atoms with Crippen LogP contribution in [0.5, 0.6) is 0 Å². The molecular weight excluding hydrogens is 202 g/mol. The minimum absolute atomic E-state index is 0.0773. The molecule has 1 amide bonds. The Morgan fingerprint density at radius 2 is 1.88 bits per heavy atom. The molecule has 1 fully saturated rings. The van der Waals surface area contributed by atoms with Gasteiger partial charge in [0.15, 0.2) is 0 Å². The topological polar surface area (TPSA) is 40.5 Å². The Morgan fingerprint density at radius 3 is 2.44 bits per heavy atom. The third-order valence-electron chi connectivity index (χ3n) is 3.67. The van der Waals surface area contributed by atoms with Gasteiger partial charge < -0.3 is 10.0 Å². The number of likely N-dealkylation sites (tertiary alicyclic amines) is 1. The molecule has 0 radical (unpaired) electrons. The van der Waals surface area contributed by atoms with Crippen LogP contribution >= 0.6 is 0 Å². The van der Waals surface area contributed by atoms with Crippen LogP contribution in [0.1, 0.15) is 64.7 Å². The van der Waals surface area contributed by atoms with Crippen molar-refractivity contribution >= 4 is 5.91 Å². The van der Waals surface area contributed by atoms with E-state index in [1.54, 1.807) is 7.05 Å². The SMILES string of the molecule is CCCCCCCCC1(O)CCC(=O)N1C. The van der Waals surface area contributed by atoms with Crippen LogP contribution in [0.15, 0.2) is 0 Å². The van der Waals surface area contributed by atoms with Gasteiger partial charge >= 0.3 is 0 Å². The second-order valence-electron chi connectivity index (χ2n) is 4.95. The monoisotopic (exact) mass is 227 g/mol. The summed E-state index contributed by atoms with van der Waals surface area (Å²) < 4.78 is 0. The number of nitrogens with zero attached hydrogens (tertiary/aromatic N) is 1. The first-order chi connectivity index (χ1) is 7.60. The zero-order chi connectivity index (χ0) is 12.0. The highest BCUT2D eigenvalue weighted by atomic mass is 16.3. The molecule has 0 aromatic carbocycles. The lowest BCUT2D eigenvalue weighted by atomic mass is 10.0. The van der Waals surface area contributed by atoms with Crippen molar-refractivity contribution in [3.8, 4) is 0 Å². The Bertz CT molecular complexity index is 230. The van der Waals surface area contributed by atoms with Crippen LogP contribution in [-0.4, -0.2) is 28.7 Å². The Hall–Kier alpha value is -0.570. The standard InChI is InChI=1S/C13H25NO2/c1-3-4-5-6-7-8-10-13(16)11-9-12(15)14(13)2/h16H,3-11H2,1-2H3. The summed E-state index contributed by atoms with van der Waals surface area (Å²) in [5.41, 5.74) is -0.845. The number of carbonyl (C=O) groups is 1. The van der Waals surface area contributed by atoms with Gasteiger partial charge in [-0.1, -0.05) is 39.0 Å². The molecule has 1 aliphatic rings. The van der Waals surface area contributed by atoms with Crippen molar-refractivity contribution in [2.24, 2.45) is 0 Å². The molecule has 0 saturated carbocycles. The van der Waals surface area contributed by atoms with Crippen LogP contribution in [0.25, 0.3) is 0 Å². The van der Waals surface area contributed by atoms with E-state index in [0.29, 0.717) is 12.8 Å². The van der Waals surface area contributed by atoms with E-state index < -0.39 is 5.72 Å². The molecule has 0 aliphatic carbocycles. The number of carbonyl (C=O) groups excluding carboxylic acids is 1. The molecular formula is C13H25NO2. The lowest BCUT2D eigenvalue weighted by molar-refractivity contribution is -0.142. The highest BCUT2D eigenvalue weighted by Gasteiger charge is 2.40. The van der Waals surface area contributed by atoms with Gasteiger partial charge in [-0.3, -0.25) is 4.79 Å². The van der Waals surface area contributed by atoms with Crippen LogP contribution in [0.2, 0.25) is 0 Å². The summed E-state index contributed by atoms with van der Waals surface area (Å²) in [5.74, 6) is 0.0773. The van der Waals surface area contributed by atoms with Gasteiger partial charge in [-0.2, -0.15) is 0 Å². The van der Waals surface area contributed by atoms with Gasteiger partial charge in [-0.05, 0) is 12.8 Å². The first-order valence-corrected chi connectivity index (χ1v) is 6.59. The largest absolute Gasteiger partial charge is 0.371 e. The average Bonchev–Trinajstić information content (AvgIpc) is 2.52. The molecule has 1 unspecified atom stereocenters. The normalized spacial score (nSPS) is 25.4. The number of hydrogen-bond donors (Lipinski definition) is 1. The predicted molar refractivity (Wildman–Crippen MR) is 64.9 cm³/mol. The third kappa shape index (κ3) is 3.48. The van der Waals surface area contributed by atoms with Crippen LogP contribution < -0.4 is 0 Å².